The minimum absolute atomic E-state index is 0.145. The molecule has 1 aromatic carbocycles. The van der Waals surface area contributed by atoms with Gasteiger partial charge in [0.15, 0.2) is 0 Å². The van der Waals surface area contributed by atoms with Crippen LogP contribution in [-0.4, -0.2) is 36.2 Å². The Bertz CT molecular complexity index is 516. The maximum atomic E-state index is 12.2. The summed E-state index contributed by atoms with van der Waals surface area (Å²) in [6.45, 7) is 3.74. The third-order valence-corrected chi connectivity index (χ3v) is 4.32. The maximum Gasteiger partial charge on any atom is 0.310 e. The van der Waals surface area contributed by atoms with Crippen LogP contribution < -0.4 is 5.32 Å². The number of aliphatic carboxylic acids is 1. The topological polar surface area (TPSA) is 75.6 Å². The highest BCUT2D eigenvalue weighted by molar-refractivity contribution is 5.79. The molecule has 0 spiro atoms. The van der Waals surface area contributed by atoms with Crippen molar-refractivity contribution >= 4 is 11.9 Å². The number of methoxy groups -OCH3 is 1. The van der Waals surface area contributed by atoms with Gasteiger partial charge in [-0.25, -0.2) is 0 Å². The fourth-order valence-corrected chi connectivity index (χ4v) is 3.41. The number of carbonyl (C=O) groups is 2. The Kier molecular flexibility index (Phi) is 4.63. The Hall–Kier alpha value is -1.88. The standard InChI is InChI=1S/C16H21NO4/c1-9-12(15(18)19)14(11-7-5-4-6-8-11)13(10(2)17-9)16(20)21-3/h4-10,12-14,17H,1-3H3,(H,18,19). The molecule has 1 aliphatic rings. The van der Waals surface area contributed by atoms with Crippen LogP contribution in [0.5, 0.6) is 0 Å². The summed E-state index contributed by atoms with van der Waals surface area (Å²) in [5, 5.41) is 12.8. The minimum atomic E-state index is -0.898. The number of benzene rings is 1. The Morgan fingerprint density at radius 2 is 1.67 bits per heavy atom. The molecule has 0 bridgehead atoms. The van der Waals surface area contributed by atoms with Crippen molar-refractivity contribution in [3.63, 3.8) is 0 Å². The maximum absolute atomic E-state index is 12.2. The molecule has 114 valence electrons. The van der Waals surface area contributed by atoms with Crippen molar-refractivity contribution in [2.45, 2.75) is 31.8 Å². The number of piperidine rings is 1. The van der Waals surface area contributed by atoms with Crippen molar-refractivity contribution in [1.29, 1.82) is 0 Å². The van der Waals surface area contributed by atoms with Crippen molar-refractivity contribution < 1.29 is 19.4 Å². The van der Waals surface area contributed by atoms with Gasteiger partial charge in [0.25, 0.3) is 0 Å². The van der Waals surface area contributed by atoms with Crippen molar-refractivity contribution in [2.24, 2.45) is 11.8 Å². The summed E-state index contributed by atoms with van der Waals surface area (Å²) in [6, 6.07) is 8.99. The quantitative estimate of drug-likeness (QED) is 0.828. The average molecular weight is 291 g/mol. The molecule has 1 fully saturated rings. The third-order valence-electron chi connectivity index (χ3n) is 4.32. The average Bonchev–Trinajstić information content (AvgIpc) is 2.46. The lowest BCUT2D eigenvalue weighted by Crippen LogP contribution is -2.58. The van der Waals surface area contributed by atoms with E-state index in [0.29, 0.717) is 0 Å². The van der Waals surface area contributed by atoms with E-state index in [9.17, 15) is 14.7 Å². The van der Waals surface area contributed by atoms with E-state index in [1.807, 2.05) is 44.2 Å². The molecule has 2 N–H and O–H groups in total. The van der Waals surface area contributed by atoms with Crippen LogP contribution in [0.3, 0.4) is 0 Å². The number of esters is 1. The highest BCUT2D eigenvalue weighted by atomic mass is 16.5. The predicted molar refractivity (Wildman–Crippen MR) is 77.9 cm³/mol. The summed E-state index contributed by atoms with van der Waals surface area (Å²) in [5.74, 6) is -2.86. The van der Waals surface area contributed by atoms with E-state index in [2.05, 4.69) is 5.32 Å². The number of carboxylic acids is 1. The van der Waals surface area contributed by atoms with E-state index in [0.717, 1.165) is 5.56 Å². The Morgan fingerprint density at radius 1 is 1.10 bits per heavy atom. The first-order chi connectivity index (χ1) is 9.97. The Balaban J connectivity index is 2.50. The van der Waals surface area contributed by atoms with E-state index in [1.165, 1.54) is 7.11 Å². The first-order valence-electron chi connectivity index (χ1n) is 7.09. The molecule has 0 aliphatic carbocycles. The molecule has 5 heteroatoms. The summed E-state index contributed by atoms with van der Waals surface area (Å²) >= 11 is 0. The number of hydrogen-bond donors (Lipinski definition) is 2. The van der Waals surface area contributed by atoms with Crippen LogP contribution in [-0.2, 0) is 14.3 Å². The smallest absolute Gasteiger partial charge is 0.310 e. The summed E-state index contributed by atoms with van der Waals surface area (Å²) < 4.78 is 4.90. The van der Waals surface area contributed by atoms with Crippen molar-refractivity contribution in [3.8, 4) is 0 Å². The summed E-state index contributed by atoms with van der Waals surface area (Å²) in [5.41, 5.74) is 0.862. The number of ether oxygens (including phenoxy) is 1. The molecule has 0 aromatic heterocycles. The molecule has 1 heterocycles. The molecule has 21 heavy (non-hydrogen) atoms. The second kappa shape index (κ2) is 6.26. The van der Waals surface area contributed by atoms with Crippen molar-refractivity contribution in [2.75, 3.05) is 7.11 Å². The molecule has 5 atom stereocenters. The fraction of sp³-hybridized carbons (Fsp3) is 0.500. The van der Waals surface area contributed by atoms with Gasteiger partial charge in [0.1, 0.15) is 0 Å². The lowest BCUT2D eigenvalue weighted by Gasteiger charge is -2.43. The van der Waals surface area contributed by atoms with Gasteiger partial charge in [0, 0.05) is 18.0 Å². The van der Waals surface area contributed by atoms with Crippen LogP contribution in [0.15, 0.2) is 30.3 Å². The normalized spacial score (nSPS) is 32.4. The van der Waals surface area contributed by atoms with Gasteiger partial charge in [-0.15, -0.1) is 0 Å². The third kappa shape index (κ3) is 2.93. The first kappa shape index (κ1) is 15.5. The molecule has 2 rings (SSSR count). The van der Waals surface area contributed by atoms with Crippen LogP contribution in [0.4, 0.5) is 0 Å². The molecule has 0 saturated carbocycles. The highest BCUT2D eigenvalue weighted by Gasteiger charge is 2.49. The predicted octanol–water partition coefficient (Wildman–Crippen LogP) is 1.64. The van der Waals surface area contributed by atoms with E-state index >= 15 is 0 Å². The van der Waals surface area contributed by atoms with Gasteiger partial charge in [-0.05, 0) is 19.4 Å². The second-order valence-corrected chi connectivity index (χ2v) is 5.59. The zero-order valence-corrected chi connectivity index (χ0v) is 12.4. The minimum Gasteiger partial charge on any atom is -0.481 e. The largest absolute Gasteiger partial charge is 0.481 e. The highest BCUT2D eigenvalue weighted by Crippen LogP contribution is 2.40. The molecular weight excluding hydrogens is 270 g/mol. The lowest BCUT2D eigenvalue weighted by atomic mass is 9.68. The summed E-state index contributed by atoms with van der Waals surface area (Å²) in [6.07, 6.45) is 0. The fourth-order valence-electron chi connectivity index (χ4n) is 3.41. The number of carbonyl (C=O) groups excluding carboxylic acids is 1. The van der Waals surface area contributed by atoms with Crippen LogP contribution in [0.25, 0.3) is 0 Å². The molecule has 1 aromatic rings. The summed E-state index contributed by atoms with van der Waals surface area (Å²) in [7, 11) is 1.34. The van der Waals surface area contributed by atoms with Crippen LogP contribution in [0.2, 0.25) is 0 Å². The van der Waals surface area contributed by atoms with Gasteiger partial charge in [-0.1, -0.05) is 30.3 Å². The van der Waals surface area contributed by atoms with Gasteiger partial charge < -0.3 is 15.2 Å². The van der Waals surface area contributed by atoms with E-state index in [4.69, 9.17) is 4.74 Å². The zero-order valence-electron chi connectivity index (χ0n) is 12.4. The lowest BCUT2D eigenvalue weighted by molar-refractivity contribution is -0.153. The van der Waals surface area contributed by atoms with Gasteiger partial charge in [0.2, 0.25) is 0 Å². The van der Waals surface area contributed by atoms with E-state index < -0.39 is 23.7 Å². The van der Waals surface area contributed by atoms with Gasteiger partial charge in [-0.2, -0.15) is 0 Å². The number of nitrogens with one attached hydrogen (secondary N) is 1. The van der Waals surface area contributed by atoms with E-state index in [-0.39, 0.29) is 18.1 Å². The number of hydrogen-bond acceptors (Lipinski definition) is 4. The monoisotopic (exact) mass is 291 g/mol. The van der Waals surface area contributed by atoms with Crippen LogP contribution >= 0.6 is 0 Å². The number of rotatable bonds is 3. The van der Waals surface area contributed by atoms with Crippen molar-refractivity contribution in [3.05, 3.63) is 35.9 Å². The van der Waals surface area contributed by atoms with Crippen molar-refractivity contribution in [1.82, 2.24) is 5.32 Å². The van der Waals surface area contributed by atoms with Gasteiger partial charge in [0.05, 0.1) is 18.9 Å². The Morgan fingerprint density at radius 3 is 2.19 bits per heavy atom. The molecule has 5 nitrogen and oxygen atoms in total. The molecular formula is C16H21NO4. The van der Waals surface area contributed by atoms with E-state index in [1.54, 1.807) is 0 Å². The van der Waals surface area contributed by atoms with Crippen LogP contribution in [0.1, 0.15) is 25.3 Å². The number of carboxylic acid groups (broad SMARTS) is 1. The molecule has 5 unspecified atom stereocenters. The molecule has 0 radical (unpaired) electrons. The first-order valence-corrected chi connectivity index (χ1v) is 7.09. The SMILES string of the molecule is COC(=O)C1C(C)NC(C)C(C(=O)O)C1c1ccccc1. The molecule has 0 amide bonds. The zero-order chi connectivity index (χ0) is 15.6. The Labute approximate surface area is 124 Å². The van der Waals surface area contributed by atoms with Gasteiger partial charge >= 0.3 is 11.9 Å². The molecule has 1 saturated heterocycles. The second-order valence-electron chi connectivity index (χ2n) is 5.59. The summed E-state index contributed by atoms with van der Waals surface area (Å²) in [4.78, 5) is 23.9. The van der Waals surface area contributed by atoms with Gasteiger partial charge in [-0.3, -0.25) is 9.59 Å². The molecule has 1 aliphatic heterocycles. The van der Waals surface area contributed by atoms with Crippen LogP contribution in [0, 0.1) is 11.8 Å².